The zero-order valence-electron chi connectivity index (χ0n) is 13.8. The molecule has 7 heteroatoms. The minimum Gasteiger partial charge on any atom is -0.343 e. The number of carbonyl (C=O) groups excluding carboxylic acids is 1. The molecule has 5 nitrogen and oxygen atoms in total. The number of hydrogen-bond acceptors (Lipinski definition) is 5. The molecule has 0 radical (unpaired) electrons. The summed E-state index contributed by atoms with van der Waals surface area (Å²) in [5.74, 6) is 1.33. The second-order valence-corrected chi connectivity index (χ2v) is 6.80. The molecule has 132 valence electrons. The zero-order valence-corrected chi connectivity index (χ0v) is 15.4. The third kappa shape index (κ3) is 4.53. The molecule has 0 spiro atoms. The van der Waals surface area contributed by atoms with E-state index in [9.17, 15) is 4.79 Å². The highest BCUT2D eigenvalue weighted by Gasteiger charge is 2.13. The third-order valence-electron chi connectivity index (χ3n) is 3.46. The molecule has 0 atom stereocenters. The van der Waals surface area contributed by atoms with Crippen LogP contribution in [0.25, 0.3) is 11.4 Å². The summed E-state index contributed by atoms with van der Waals surface area (Å²) in [6.07, 6.45) is 1.80. The topological polar surface area (TPSA) is 68.0 Å². The van der Waals surface area contributed by atoms with Crippen molar-refractivity contribution in [2.24, 2.45) is 0 Å². The molecule has 2 aromatic carbocycles. The Morgan fingerprint density at radius 2 is 2.00 bits per heavy atom. The predicted molar refractivity (Wildman–Crippen MR) is 103 cm³/mol. The quantitative estimate of drug-likeness (QED) is 0.475. The smallest absolute Gasteiger partial charge is 0.252 e. The molecule has 0 fully saturated rings. The van der Waals surface area contributed by atoms with Gasteiger partial charge in [0.05, 0.1) is 12.1 Å². The Bertz CT molecular complexity index is 909. The van der Waals surface area contributed by atoms with Crippen LogP contribution in [0.3, 0.4) is 0 Å². The average Bonchev–Trinajstić information content (AvgIpc) is 3.14. The Kier molecular flexibility index (Phi) is 6.09. The van der Waals surface area contributed by atoms with Gasteiger partial charge in [-0.15, -0.1) is 18.3 Å². The van der Waals surface area contributed by atoms with Crippen LogP contribution < -0.4 is 5.32 Å². The number of benzene rings is 2. The van der Waals surface area contributed by atoms with Crippen LogP contribution in [0.1, 0.15) is 16.2 Å². The average molecular weight is 386 g/mol. The van der Waals surface area contributed by atoms with Crippen LogP contribution in [-0.4, -0.2) is 21.8 Å². The molecular weight excluding hydrogens is 370 g/mol. The Morgan fingerprint density at radius 1 is 1.23 bits per heavy atom. The molecule has 0 aliphatic carbocycles. The van der Waals surface area contributed by atoms with Crippen molar-refractivity contribution < 1.29 is 9.32 Å². The molecule has 1 amide bonds. The van der Waals surface area contributed by atoms with Gasteiger partial charge in [0.2, 0.25) is 11.7 Å². The summed E-state index contributed by atoms with van der Waals surface area (Å²) < 4.78 is 5.20. The Hall–Kier alpha value is -2.57. The lowest BCUT2D eigenvalue weighted by molar-refractivity contribution is 0.0943. The van der Waals surface area contributed by atoms with Crippen molar-refractivity contribution in [2.45, 2.75) is 11.4 Å². The van der Waals surface area contributed by atoms with E-state index in [4.69, 9.17) is 16.1 Å². The minimum atomic E-state index is -0.191. The van der Waals surface area contributed by atoms with Gasteiger partial charge < -0.3 is 9.84 Å². The first-order chi connectivity index (χ1) is 12.7. The van der Waals surface area contributed by atoms with Crippen molar-refractivity contribution in [3.05, 3.63) is 77.7 Å². The molecular formula is C19H16ClN3O2S. The van der Waals surface area contributed by atoms with Gasteiger partial charge in [-0.05, 0) is 36.4 Å². The van der Waals surface area contributed by atoms with Crippen molar-refractivity contribution in [1.82, 2.24) is 15.5 Å². The number of hydrogen-bond donors (Lipinski definition) is 1. The molecule has 1 aromatic heterocycles. The molecule has 0 saturated heterocycles. The van der Waals surface area contributed by atoms with Crippen LogP contribution >= 0.6 is 23.4 Å². The van der Waals surface area contributed by atoms with Crippen LogP contribution in [0.15, 0.2) is 70.6 Å². The fourth-order valence-electron chi connectivity index (χ4n) is 2.22. The van der Waals surface area contributed by atoms with Gasteiger partial charge in [0.25, 0.3) is 5.91 Å². The van der Waals surface area contributed by atoms with E-state index >= 15 is 0 Å². The number of thioether (sulfide) groups is 1. The fraction of sp³-hybridized carbons (Fsp3) is 0.105. The summed E-state index contributed by atoms with van der Waals surface area (Å²) in [6, 6.07) is 14.6. The van der Waals surface area contributed by atoms with Crippen LogP contribution in [0.5, 0.6) is 0 Å². The van der Waals surface area contributed by atoms with Gasteiger partial charge in [-0.3, -0.25) is 4.79 Å². The highest BCUT2D eigenvalue weighted by Crippen LogP contribution is 2.23. The maximum Gasteiger partial charge on any atom is 0.252 e. The second kappa shape index (κ2) is 8.69. The molecule has 0 saturated carbocycles. The zero-order chi connectivity index (χ0) is 18.4. The number of amides is 1. The summed E-state index contributed by atoms with van der Waals surface area (Å²) in [6.45, 7) is 3.85. The highest BCUT2D eigenvalue weighted by atomic mass is 35.5. The number of rotatable bonds is 7. The van der Waals surface area contributed by atoms with Gasteiger partial charge in [-0.25, -0.2) is 0 Å². The van der Waals surface area contributed by atoms with Crippen LogP contribution in [0.2, 0.25) is 5.02 Å². The van der Waals surface area contributed by atoms with Gasteiger partial charge in [-0.2, -0.15) is 4.98 Å². The molecule has 0 unspecified atom stereocenters. The van der Waals surface area contributed by atoms with Gasteiger partial charge in [0.1, 0.15) is 0 Å². The lowest BCUT2D eigenvalue weighted by Crippen LogP contribution is -2.23. The molecule has 1 heterocycles. The normalized spacial score (nSPS) is 10.5. The number of halogens is 1. The maximum absolute atomic E-state index is 12.5. The van der Waals surface area contributed by atoms with Crippen molar-refractivity contribution in [3.63, 3.8) is 0 Å². The standard InChI is InChI=1S/C19H16ClN3O2S/c1-2-11-26-16-6-4-3-5-15(16)19(24)21-12-17-22-18(23-25-17)13-7-9-14(20)10-8-13/h2-10H,1,11-12H2,(H,21,24). The number of nitrogens with zero attached hydrogens (tertiary/aromatic N) is 2. The van der Waals surface area contributed by atoms with Gasteiger partial charge >= 0.3 is 0 Å². The highest BCUT2D eigenvalue weighted by molar-refractivity contribution is 7.99. The Labute approximate surface area is 160 Å². The van der Waals surface area contributed by atoms with E-state index in [-0.39, 0.29) is 12.5 Å². The van der Waals surface area contributed by atoms with Crippen molar-refractivity contribution in [1.29, 1.82) is 0 Å². The monoisotopic (exact) mass is 385 g/mol. The first kappa shape index (κ1) is 18.2. The molecule has 3 rings (SSSR count). The molecule has 0 aliphatic heterocycles. The lowest BCUT2D eigenvalue weighted by atomic mass is 10.2. The first-order valence-corrected chi connectivity index (χ1v) is 9.23. The summed E-state index contributed by atoms with van der Waals surface area (Å²) in [7, 11) is 0. The molecule has 0 bridgehead atoms. The van der Waals surface area contributed by atoms with E-state index in [0.717, 1.165) is 16.2 Å². The van der Waals surface area contributed by atoms with Gasteiger partial charge in [0.15, 0.2) is 0 Å². The van der Waals surface area contributed by atoms with Gasteiger partial charge in [-0.1, -0.05) is 35.0 Å². The minimum absolute atomic E-state index is 0.153. The summed E-state index contributed by atoms with van der Waals surface area (Å²) in [5.41, 5.74) is 1.40. The van der Waals surface area contributed by atoms with E-state index in [1.165, 1.54) is 0 Å². The molecule has 1 N–H and O–H groups in total. The van der Waals surface area contributed by atoms with E-state index in [1.54, 1.807) is 36.0 Å². The van der Waals surface area contributed by atoms with Gasteiger partial charge in [0, 0.05) is 21.2 Å². The van der Waals surface area contributed by atoms with Crippen molar-refractivity contribution >= 4 is 29.3 Å². The Balaban J connectivity index is 1.65. The summed E-state index contributed by atoms with van der Waals surface area (Å²) >= 11 is 7.43. The molecule has 26 heavy (non-hydrogen) atoms. The van der Waals surface area contributed by atoms with Crippen LogP contribution in [-0.2, 0) is 6.54 Å². The number of aromatic nitrogens is 2. The van der Waals surface area contributed by atoms with Crippen LogP contribution in [0.4, 0.5) is 0 Å². The fourth-order valence-corrected chi connectivity index (χ4v) is 3.14. The van der Waals surface area contributed by atoms with E-state index < -0.39 is 0 Å². The largest absolute Gasteiger partial charge is 0.343 e. The summed E-state index contributed by atoms with van der Waals surface area (Å²) in [4.78, 5) is 17.7. The third-order valence-corrected chi connectivity index (χ3v) is 4.78. The SMILES string of the molecule is C=CCSc1ccccc1C(=O)NCc1nc(-c2ccc(Cl)cc2)no1. The number of carbonyl (C=O) groups is 1. The van der Waals surface area contributed by atoms with E-state index in [2.05, 4.69) is 22.0 Å². The molecule has 3 aromatic rings. The molecule has 0 aliphatic rings. The van der Waals surface area contributed by atoms with Crippen LogP contribution in [0, 0.1) is 0 Å². The first-order valence-electron chi connectivity index (χ1n) is 7.87. The Morgan fingerprint density at radius 3 is 2.77 bits per heavy atom. The van der Waals surface area contributed by atoms with E-state index in [0.29, 0.717) is 22.3 Å². The lowest BCUT2D eigenvalue weighted by Gasteiger charge is -2.07. The predicted octanol–water partition coefficient (Wildman–Crippen LogP) is 4.60. The second-order valence-electron chi connectivity index (χ2n) is 5.30. The maximum atomic E-state index is 12.5. The van der Waals surface area contributed by atoms with Crippen molar-refractivity contribution in [3.8, 4) is 11.4 Å². The van der Waals surface area contributed by atoms with Crippen molar-refractivity contribution in [2.75, 3.05) is 5.75 Å². The van der Waals surface area contributed by atoms with E-state index in [1.807, 2.05) is 30.3 Å². The summed E-state index contributed by atoms with van der Waals surface area (Å²) in [5, 5.41) is 7.38. The number of nitrogens with one attached hydrogen (secondary N) is 1.